The van der Waals surface area contributed by atoms with Crippen molar-refractivity contribution in [2.24, 2.45) is 0 Å². The molecule has 0 aromatic heterocycles. The Balaban J connectivity index is 1.89. The molecule has 1 fully saturated rings. The van der Waals surface area contributed by atoms with Crippen LogP contribution in [0.1, 0.15) is 41.3 Å². The van der Waals surface area contributed by atoms with E-state index in [-0.39, 0.29) is 32.8 Å². The van der Waals surface area contributed by atoms with Crippen LogP contribution in [0.4, 0.5) is 5.69 Å². The number of aliphatic hydroxyl groups is 1. The van der Waals surface area contributed by atoms with E-state index in [2.05, 4.69) is 11.8 Å². The van der Waals surface area contributed by atoms with E-state index < -0.39 is 17.5 Å². The summed E-state index contributed by atoms with van der Waals surface area (Å²) < 4.78 is 4.84. The van der Waals surface area contributed by atoms with Gasteiger partial charge in [-0.15, -0.1) is 0 Å². The van der Waals surface area contributed by atoms with Gasteiger partial charge in [0.15, 0.2) is 5.60 Å². The summed E-state index contributed by atoms with van der Waals surface area (Å²) in [5.41, 5.74) is -0.929. The predicted octanol–water partition coefficient (Wildman–Crippen LogP) is 3.85. The number of amides is 1. The van der Waals surface area contributed by atoms with Gasteiger partial charge < -0.3 is 14.7 Å². The topological polar surface area (TPSA) is 70.1 Å². The number of hydrogen-bond acceptors (Lipinski definition) is 5. The number of benzene rings is 2. The molecule has 0 spiro atoms. The fourth-order valence-electron chi connectivity index (χ4n) is 4.73. The summed E-state index contributed by atoms with van der Waals surface area (Å²) in [6.45, 7) is 4.31. The van der Waals surface area contributed by atoms with Crippen LogP contribution in [0.25, 0.3) is 0 Å². The van der Waals surface area contributed by atoms with Gasteiger partial charge in [-0.2, -0.15) is 0 Å². The van der Waals surface area contributed by atoms with E-state index in [1.54, 1.807) is 30.3 Å². The van der Waals surface area contributed by atoms with E-state index in [0.717, 1.165) is 25.9 Å². The summed E-state index contributed by atoms with van der Waals surface area (Å²) in [6, 6.07) is 9.80. The van der Waals surface area contributed by atoms with Crippen molar-refractivity contribution in [2.45, 2.75) is 31.4 Å². The summed E-state index contributed by atoms with van der Waals surface area (Å²) >= 11 is 13.0. The normalized spacial score (nSPS) is 23.3. The number of likely N-dealkylation sites (N-methyl/N-ethyl adjacent to an activating group) is 1. The average molecular weight is 463 g/mol. The molecule has 6 nitrogen and oxygen atoms in total. The summed E-state index contributed by atoms with van der Waals surface area (Å²) in [5.74, 6) is -1.09. The first-order valence-corrected chi connectivity index (χ1v) is 11.0. The van der Waals surface area contributed by atoms with Crippen LogP contribution in [0.5, 0.6) is 0 Å². The van der Waals surface area contributed by atoms with Crippen LogP contribution in [0.15, 0.2) is 36.4 Å². The van der Waals surface area contributed by atoms with Crippen molar-refractivity contribution in [3.63, 3.8) is 0 Å². The van der Waals surface area contributed by atoms with Gasteiger partial charge in [0, 0.05) is 28.7 Å². The van der Waals surface area contributed by atoms with E-state index in [1.807, 2.05) is 0 Å². The molecule has 2 aromatic carbocycles. The first-order valence-electron chi connectivity index (χ1n) is 10.3. The highest BCUT2D eigenvalue weighted by Crippen LogP contribution is 2.50. The van der Waals surface area contributed by atoms with Crippen molar-refractivity contribution < 1.29 is 19.4 Å². The summed E-state index contributed by atoms with van der Waals surface area (Å²) in [5, 5.41) is 12.2. The van der Waals surface area contributed by atoms with Gasteiger partial charge in [-0.25, -0.2) is 4.79 Å². The molecule has 0 radical (unpaired) electrons. The zero-order valence-electron chi connectivity index (χ0n) is 17.4. The number of methoxy groups -OCH3 is 1. The Morgan fingerprint density at radius 1 is 1.26 bits per heavy atom. The molecule has 1 N–H and O–H groups in total. The van der Waals surface area contributed by atoms with Crippen molar-refractivity contribution in [1.29, 1.82) is 0 Å². The molecule has 2 atom stereocenters. The second kappa shape index (κ2) is 8.43. The van der Waals surface area contributed by atoms with Gasteiger partial charge in [0.25, 0.3) is 5.91 Å². The molecule has 2 aromatic rings. The second-order valence-electron chi connectivity index (χ2n) is 7.87. The van der Waals surface area contributed by atoms with Crippen LogP contribution in [0.3, 0.4) is 0 Å². The average Bonchev–Trinajstić information content (AvgIpc) is 3.30. The highest BCUT2D eigenvalue weighted by Gasteiger charge is 2.54. The standard InChI is InChI=1S/C23H24Cl2N2O4/c1-3-26-10-6-7-15(26)13-27-19-12-14(21(28)31-2)11-18(25)20(19)23(30,22(27)29)16-8-4-5-9-17(16)24/h4-5,8-9,11-12,15,30H,3,6-7,10,13H2,1-2H3. The number of esters is 1. The smallest absolute Gasteiger partial charge is 0.337 e. The minimum absolute atomic E-state index is 0.106. The van der Waals surface area contributed by atoms with E-state index in [9.17, 15) is 14.7 Å². The van der Waals surface area contributed by atoms with Crippen molar-refractivity contribution >= 4 is 40.8 Å². The fraction of sp³-hybridized carbons (Fsp3) is 0.391. The van der Waals surface area contributed by atoms with Crippen molar-refractivity contribution in [1.82, 2.24) is 4.90 Å². The van der Waals surface area contributed by atoms with Crippen LogP contribution in [0.2, 0.25) is 10.0 Å². The maximum absolute atomic E-state index is 13.7. The molecule has 1 saturated heterocycles. The number of ether oxygens (including phenoxy) is 1. The summed E-state index contributed by atoms with van der Waals surface area (Å²) in [4.78, 5) is 29.8. The van der Waals surface area contributed by atoms with Gasteiger partial charge in [-0.3, -0.25) is 9.69 Å². The van der Waals surface area contributed by atoms with Crippen molar-refractivity contribution in [3.05, 3.63) is 63.1 Å². The number of fused-ring (bicyclic) bond motifs is 1. The maximum atomic E-state index is 13.7. The minimum Gasteiger partial charge on any atom is -0.465 e. The third-order valence-electron chi connectivity index (χ3n) is 6.26. The molecular weight excluding hydrogens is 439 g/mol. The quantitative estimate of drug-likeness (QED) is 0.683. The third-order valence-corrected chi connectivity index (χ3v) is 6.89. The molecule has 2 heterocycles. The van der Waals surface area contributed by atoms with E-state index in [0.29, 0.717) is 12.2 Å². The molecule has 0 saturated carbocycles. The third kappa shape index (κ3) is 3.52. The Hall–Kier alpha value is -2.12. The first-order chi connectivity index (χ1) is 14.8. The zero-order valence-corrected chi connectivity index (χ0v) is 18.9. The zero-order chi connectivity index (χ0) is 22.3. The number of likely N-dealkylation sites (tertiary alicyclic amines) is 1. The van der Waals surface area contributed by atoms with E-state index >= 15 is 0 Å². The van der Waals surface area contributed by atoms with Crippen molar-refractivity contribution in [3.8, 4) is 0 Å². The Labute approximate surface area is 191 Å². The Morgan fingerprint density at radius 2 is 2.00 bits per heavy atom. The maximum Gasteiger partial charge on any atom is 0.337 e. The number of carbonyl (C=O) groups is 2. The van der Waals surface area contributed by atoms with Gasteiger partial charge in [-0.1, -0.05) is 48.3 Å². The van der Waals surface area contributed by atoms with Gasteiger partial charge in [-0.05, 0) is 44.1 Å². The molecule has 0 aliphatic carbocycles. The number of nitrogens with zero attached hydrogens (tertiary/aromatic N) is 2. The number of rotatable bonds is 5. The van der Waals surface area contributed by atoms with Crippen LogP contribution < -0.4 is 4.90 Å². The van der Waals surface area contributed by atoms with Crippen LogP contribution >= 0.6 is 23.2 Å². The molecular formula is C23H24Cl2N2O4. The molecule has 0 bridgehead atoms. The number of halogens is 2. The molecule has 8 heteroatoms. The van der Waals surface area contributed by atoms with Gasteiger partial charge in [0.05, 0.1) is 23.4 Å². The van der Waals surface area contributed by atoms with Gasteiger partial charge in [0.1, 0.15) is 0 Å². The lowest BCUT2D eigenvalue weighted by molar-refractivity contribution is -0.132. The summed E-state index contributed by atoms with van der Waals surface area (Å²) in [6.07, 6.45) is 1.99. The Morgan fingerprint density at radius 3 is 2.68 bits per heavy atom. The highest BCUT2D eigenvalue weighted by atomic mass is 35.5. The van der Waals surface area contributed by atoms with Crippen LogP contribution in [-0.4, -0.2) is 54.7 Å². The van der Waals surface area contributed by atoms with E-state index in [4.69, 9.17) is 27.9 Å². The molecule has 2 unspecified atom stereocenters. The van der Waals surface area contributed by atoms with E-state index in [1.165, 1.54) is 18.1 Å². The van der Waals surface area contributed by atoms with Crippen LogP contribution in [0, 0.1) is 0 Å². The Bertz CT molecular complexity index is 1040. The lowest BCUT2D eigenvalue weighted by atomic mass is 9.87. The SMILES string of the molecule is CCN1CCCC1CN1C(=O)C(O)(c2ccccc2Cl)c2c(Cl)cc(C(=O)OC)cc21. The molecule has 4 rings (SSSR count). The largest absolute Gasteiger partial charge is 0.465 e. The number of carbonyl (C=O) groups excluding carboxylic acids is 2. The molecule has 1 amide bonds. The number of hydrogen-bond donors (Lipinski definition) is 1. The fourth-order valence-corrected chi connectivity index (χ4v) is 5.35. The van der Waals surface area contributed by atoms with Gasteiger partial charge in [0.2, 0.25) is 0 Å². The highest BCUT2D eigenvalue weighted by molar-refractivity contribution is 6.35. The van der Waals surface area contributed by atoms with Crippen LogP contribution in [-0.2, 0) is 15.1 Å². The van der Waals surface area contributed by atoms with Gasteiger partial charge >= 0.3 is 5.97 Å². The second-order valence-corrected chi connectivity index (χ2v) is 8.69. The summed E-state index contributed by atoms with van der Waals surface area (Å²) in [7, 11) is 1.28. The first kappa shape index (κ1) is 22.1. The number of anilines is 1. The minimum atomic E-state index is -2.05. The lowest BCUT2D eigenvalue weighted by Crippen LogP contribution is -2.46. The molecule has 31 heavy (non-hydrogen) atoms. The molecule has 2 aliphatic heterocycles. The lowest BCUT2D eigenvalue weighted by Gasteiger charge is -2.29. The predicted molar refractivity (Wildman–Crippen MR) is 120 cm³/mol. The van der Waals surface area contributed by atoms with Crippen molar-refractivity contribution in [2.75, 3.05) is 31.6 Å². The molecule has 164 valence electrons. The molecule has 2 aliphatic rings. The Kier molecular flexibility index (Phi) is 6.01. The monoisotopic (exact) mass is 462 g/mol.